The Labute approximate surface area is 74.3 Å². The maximum Gasteiger partial charge on any atom is 0.0688 e. The molecule has 0 fully saturated rings. The van der Waals surface area contributed by atoms with Crippen LogP contribution in [0.4, 0.5) is 0 Å². The van der Waals surface area contributed by atoms with Gasteiger partial charge in [0.25, 0.3) is 0 Å². The topological polar surface area (TPSA) is 42.2 Å². The van der Waals surface area contributed by atoms with Crippen molar-refractivity contribution in [1.82, 2.24) is 0 Å². The number of hydrogen-bond acceptors (Lipinski definition) is 3. The van der Waals surface area contributed by atoms with Crippen molar-refractivity contribution in [3.05, 3.63) is 0 Å². The predicted octanol–water partition coefficient (Wildman–Crippen LogP) is 1.59. The summed E-state index contributed by atoms with van der Waals surface area (Å²) in [5.74, 6) is 0. The molecule has 70 valence electrons. The molecule has 0 radical (unpaired) electrons. The fourth-order valence-electron chi connectivity index (χ4n) is 0.891. The van der Waals surface area contributed by atoms with Crippen molar-refractivity contribution in [2.24, 2.45) is 5.41 Å². The first-order valence-electron chi connectivity index (χ1n) is 4.07. The summed E-state index contributed by atoms with van der Waals surface area (Å²) in [6.07, 6.45) is 1.53. The van der Waals surface area contributed by atoms with Gasteiger partial charge in [0.1, 0.15) is 0 Å². The summed E-state index contributed by atoms with van der Waals surface area (Å²) in [7, 11) is 3.29. The summed E-state index contributed by atoms with van der Waals surface area (Å²) in [4.78, 5) is 0. The summed E-state index contributed by atoms with van der Waals surface area (Å²) >= 11 is 0. The standard InChI is InChI=1S/C9H17NO2/c1-9(8-10,4-6-11-2)5-7-12-3/h4-7H2,1-3H3. The summed E-state index contributed by atoms with van der Waals surface area (Å²) in [5.41, 5.74) is -0.300. The van der Waals surface area contributed by atoms with E-state index < -0.39 is 0 Å². The Morgan fingerprint density at radius 1 is 1.17 bits per heavy atom. The van der Waals surface area contributed by atoms with Crippen LogP contribution in [-0.4, -0.2) is 27.4 Å². The quantitative estimate of drug-likeness (QED) is 0.609. The van der Waals surface area contributed by atoms with Crippen LogP contribution in [0.1, 0.15) is 19.8 Å². The highest BCUT2D eigenvalue weighted by atomic mass is 16.5. The number of nitriles is 1. The van der Waals surface area contributed by atoms with Gasteiger partial charge in [0.15, 0.2) is 0 Å². The fourth-order valence-corrected chi connectivity index (χ4v) is 0.891. The molecule has 0 aromatic carbocycles. The highest BCUT2D eigenvalue weighted by Gasteiger charge is 2.22. The molecule has 0 aliphatic rings. The van der Waals surface area contributed by atoms with E-state index in [-0.39, 0.29) is 5.41 Å². The zero-order chi connectivity index (χ0) is 9.45. The molecule has 12 heavy (non-hydrogen) atoms. The van der Waals surface area contributed by atoms with E-state index in [9.17, 15) is 0 Å². The molecule has 0 amide bonds. The van der Waals surface area contributed by atoms with Gasteiger partial charge >= 0.3 is 0 Å². The minimum atomic E-state index is -0.300. The molecule has 0 bridgehead atoms. The van der Waals surface area contributed by atoms with Crippen molar-refractivity contribution < 1.29 is 9.47 Å². The highest BCUT2D eigenvalue weighted by molar-refractivity contribution is 4.95. The third-order valence-electron chi connectivity index (χ3n) is 1.99. The Morgan fingerprint density at radius 3 is 1.83 bits per heavy atom. The first-order chi connectivity index (χ1) is 5.68. The average Bonchev–Trinajstić information content (AvgIpc) is 2.11. The Hall–Kier alpha value is -0.590. The molecule has 0 N–H and O–H groups in total. The van der Waals surface area contributed by atoms with Crippen LogP contribution in [0, 0.1) is 16.7 Å². The average molecular weight is 171 g/mol. The second-order valence-electron chi connectivity index (χ2n) is 3.16. The highest BCUT2D eigenvalue weighted by Crippen LogP contribution is 2.24. The van der Waals surface area contributed by atoms with Gasteiger partial charge in [-0.3, -0.25) is 0 Å². The normalized spacial score (nSPS) is 11.2. The van der Waals surface area contributed by atoms with E-state index in [1.165, 1.54) is 0 Å². The second kappa shape index (κ2) is 5.99. The van der Waals surface area contributed by atoms with Crippen molar-refractivity contribution >= 4 is 0 Å². The zero-order valence-corrected chi connectivity index (χ0v) is 8.09. The van der Waals surface area contributed by atoms with Gasteiger partial charge in [-0.25, -0.2) is 0 Å². The molecule has 0 aromatic rings. The molecular formula is C9H17NO2. The maximum absolute atomic E-state index is 8.88. The molecule has 0 aliphatic carbocycles. The van der Waals surface area contributed by atoms with Gasteiger partial charge in [-0.15, -0.1) is 0 Å². The van der Waals surface area contributed by atoms with Crippen molar-refractivity contribution in [1.29, 1.82) is 5.26 Å². The van der Waals surface area contributed by atoms with Crippen LogP contribution in [0.15, 0.2) is 0 Å². The second-order valence-corrected chi connectivity index (χ2v) is 3.16. The lowest BCUT2D eigenvalue weighted by atomic mass is 9.86. The van der Waals surface area contributed by atoms with Gasteiger partial charge in [-0.1, -0.05) is 0 Å². The number of rotatable bonds is 6. The SMILES string of the molecule is COCCC(C)(C#N)CCOC. The van der Waals surface area contributed by atoms with Crippen molar-refractivity contribution in [3.8, 4) is 6.07 Å². The number of ether oxygens (including phenoxy) is 2. The molecule has 0 saturated carbocycles. The van der Waals surface area contributed by atoms with Crippen LogP contribution in [-0.2, 0) is 9.47 Å². The molecule has 0 saturated heterocycles. The van der Waals surface area contributed by atoms with Gasteiger partial charge in [0.2, 0.25) is 0 Å². The Morgan fingerprint density at radius 2 is 1.58 bits per heavy atom. The van der Waals surface area contributed by atoms with E-state index in [2.05, 4.69) is 6.07 Å². The summed E-state index contributed by atoms with van der Waals surface area (Å²) in [6.45, 7) is 3.20. The molecule has 0 spiro atoms. The summed E-state index contributed by atoms with van der Waals surface area (Å²) < 4.78 is 9.85. The van der Waals surface area contributed by atoms with Gasteiger partial charge in [-0.2, -0.15) is 5.26 Å². The Bertz CT molecular complexity index is 143. The van der Waals surface area contributed by atoms with Crippen molar-refractivity contribution in [2.45, 2.75) is 19.8 Å². The van der Waals surface area contributed by atoms with E-state index in [1.807, 2.05) is 6.92 Å². The molecule has 0 heterocycles. The predicted molar refractivity (Wildman–Crippen MR) is 46.7 cm³/mol. The first-order valence-corrected chi connectivity index (χ1v) is 4.07. The monoisotopic (exact) mass is 171 g/mol. The largest absolute Gasteiger partial charge is 0.385 e. The first kappa shape index (κ1) is 11.4. The van der Waals surface area contributed by atoms with Crippen LogP contribution >= 0.6 is 0 Å². The zero-order valence-electron chi connectivity index (χ0n) is 8.09. The van der Waals surface area contributed by atoms with Gasteiger partial charge in [0, 0.05) is 27.4 Å². The van der Waals surface area contributed by atoms with Crippen LogP contribution in [0.2, 0.25) is 0 Å². The van der Waals surface area contributed by atoms with Gasteiger partial charge in [-0.05, 0) is 19.8 Å². The summed E-state index contributed by atoms with van der Waals surface area (Å²) in [6, 6.07) is 2.29. The number of nitrogens with zero attached hydrogens (tertiary/aromatic N) is 1. The van der Waals surface area contributed by atoms with E-state index in [0.29, 0.717) is 13.2 Å². The minimum absolute atomic E-state index is 0.300. The van der Waals surface area contributed by atoms with Crippen LogP contribution in [0.3, 0.4) is 0 Å². The smallest absolute Gasteiger partial charge is 0.0688 e. The third kappa shape index (κ3) is 4.32. The third-order valence-corrected chi connectivity index (χ3v) is 1.99. The lowest BCUT2D eigenvalue weighted by Gasteiger charge is -2.19. The van der Waals surface area contributed by atoms with Crippen LogP contribution in [0.5, 0.6) is 0 Å². The van der Waals surface area contributed by atoms with E-state index in [0.717, 1.165) is 12.8 Å². The Kier molecular flexibility index (Phi) is 5.69. The summed E-state index contributed by atoms with van der Waals surface area (Å²) in [5, 5.41) is 8.88. The number of hydrogen-bond donors (Lipinski definition) is 0. The minimum Gasteiger partial charge on any atom is -0.385 e. The molecule has 3 heteroatoms. The molecule has 0 rings (SSSR count). The fraction of sp³-hybridized carbons (Fsp3) is 0.889. The molecule has 0 aromatic heterocycles. The van der Waals surface area contributed by atoms with E-state index >= 15 is 0 Å². The molecule has 0 aliphatic heterocycles. The lowest BCUT2D eigenvalue weighted by molar-refractivity contribution is 0.129. The molecule has 0 unspecified atom stereocenters. The van der Waals surface area contributed by atoms with Gasteiger partial charge < -0.3 is 9.47 Å². The van der Waals surface area contributed by atoms with Crippen molar-refractivity contribution in [2.75, 3.05) is 27.4 Å². The van der Waals surface area contributed by atoms with E-state index in [1.54, 1.807) is 14.2 Å². The van der Waals surface area contributed by atoms with Crippen LogP contribution < -0.4 is 0 Å². The molecule has 0 atom stereocenters. The van der Waals surface area contributed by atoms with Crippen LogP contribution in [0.25, 0.3) is 0 Å². The number of methoxy groups -OCH3 is 2. The maximum atomic E-state index is 8.88. The Balaban J connectivity index is 3.81. The van der Waals surface area contributed by atoms with Gasteiger partial charge in [0.05, 0.1) is 11.5 Å². The van der Waals surface area contributed by atoms with Crippen molar-refractivity contribution in [3.63, 3.8) is 0 Å². The lowest BCUT2D eigenvalue weighted by Crippen LogP contribution is -2.18. The van der Waals surface area contributed by atoms with E-state index in [4.69, 9.17) is 14.7 Å². The molecular weight excluding hydrogens is 154 g/mol. The molecule has 3 nitrogen and oxygen atoms in total.